The van der Waals surface area contributed by atoms with Crippen molar-refractivity contribution in [2.75, 3.05) is 6.54 Å². The molecule has 1 aliphatic rings. The molecule has 1 aromatic heterocycles. The van der Waals surface area contributed by atoms with Gasteiger partial charge in [0.25, 0.3) is 10.0 Å². The zero-order chi connectivity index (χ0) is 13.2. The van der Waals surface area contributed by atoms with E-state index in [2.05, 4.69) is 4.99 Å². The normalized spacial score (nSPS) is 21.5. The Morgan fingerprint density at radius 2 is 2.22 bits per heavy atom. The summed E-state index contributed by atoms with van der Waals surface area (Å²) >= 11 is 6.76. The maximum atomic E-state index is 12.4. The molecule has 2 heterocycles. The van der Waals surface area contributed by atoms with E-state index in [1.54, 1.807) is 6.07 Å². The molecule has 18 heavy (non-hydrogen) atoms. The van der Waals surface area contributed by atoms with Crippen LogP contribution in [0, 0.1) is 0 Å². The third-order valence-electron chi connectivity index (χ3n) is 2.74. The zero-order valence-electron chi connectivity index (χ0n) is 9.37. The monoisotopic (exact) mass is 306 g/mol. The molecule has 1 aliphatic heterocycles. The summed E-state index contributed by atoms with van der Waals surface area (Å²) in [6.45, 7) is 0.369. The summed E-state index contributed by atoms with van der Waals surface area (Å²) in [5, 5.41) is 0. The van der Waals surface area contributed by atoms with Gasteiger partial charge >= 0.3 is 0 Å². The van der Waals surface area contributed by atoms with Gasteiger partial charge in [0.1, 0.15) is 10.4 Å². The fourth-order valence-corrected chi connectivity index (χ4v) is 5.11. The van der Waals surface area contributed by atoms with Crippen LogP contribution in [0.4, 0.5) is 0 Å². The Morgan fingerprint density at radius 1 is 1.44 bits per heavy atom. The van der Waals surface area contributed by atoms with E-state index in [1.165, 1.54) is 16.5 Å². The van der Waals surface area contributed by atoms with Crippen molar-refractivity contribution in [1.29, 1.82) is 0 Å². The number of hydrogen-bond donors (Lipinski definition) is 0. The van der Waals surface area contributed by atoms with E-state index < -0.39 is 16.2 Å². The predicted octanol–water partition coefficient (Wildman–Crippen LogP) is 2.24. The Morgan fingerprint density at radius 3 is 2.83 bits per heavy atom. The van der Waals surface area contributed by atoms with E-state index in [-0.39, 0.29) is 4.21 Å². The first-order valence-electron chi connectivity index (χ1n) is 5.40. The fourth-order valence-electron chi connectivity index (χ4n) is 1.91. The summed E-state index contributed by atoms with van der Waals surface area (Å²) in [7, 11) is -3.62. The average Bonchev–Trinajstić information content (AvgIpc) is 2.78. The lowest BCUT2D eigenvalue weighted by molar-refractivity contribution is 0.260. The molecule has 1 aromatic rings. The maximum Gasteiger partial charge on any atom is 0.254 e. The van der Waals surface area contributed by atoms with Gasteiger partial charge in [-0.1, -0.05) is 11.6 Å². The third kappa shape index (κ3) is 2.65. The van der Waals surface area contributed by atoms with Gasteiger partial charge in [-0.25, -0.2) is 13.2 Å². The van der Waals surface area contributed by atoms with Crippen molar-refractivity contribution in [2.45, 2.75) is 29.6 Å². The van der Waals surface area contributed by atoms with Crippen LogP contribution < -0.4 is 0 Å². The van der Waals surface area contributed by atoms with E-state index in [4.69, 9.17) is 11.6 Å². The van der Waals surface area contributed by atoms with Crippen molar-refractivity contribution >= 4 is 39.0 Å². The Hall–Kier alpha value is -0.720. The van der Waals surface area contributed by atoms with Gasteiger partial charge in [-0.15, -0.1) is 11.3 Å². The Labute approximate surface area is 114 Å². The standard InChI is InChI=1S/C10H11ClN2O3S2/c11-8-4-5-10(17-8)18(15,16)13-6-2-1-3-9(13)12-7-14/h4-5,9H,1-3,6H2. The molecule has 0 radical (unpaired) electrons. The van der Waals surface area contributed by atoms with E-state index in [9.17, 15) is 13.2 Å². The number of carbonyl (C=O) groups excluding carboxylic acids is 1. The molecule has 0 aliphatic carbocycles. The van der Waals surface area contributed by atoms with Crippen LogP contribution in [0.5, 0.6) is 0 Å². The Balaban J connectivity index is 2.35. The highest BCUT2D eigenvalue weighted by Crippen LogP contribution is 2.31. The van der Waals surface area contributed by atoms with E-state index in [0.717, 1.165) is 24.2 Å². The molecule has 0 amide bonds. The van der Waals surface area contributed by atoms with E-state index in [0.29, 0.717) is 17.3 Å². The predicted molar refractivity (Wildman–Crippen MR) is 69.0 cm³/mol. The fraction of sp³-hybridized carbons (Fsp3) is 0.500. The van der Waals surface area contributed by atoms with Crippen molar-refractivity contribution in [3.63, 3.8) is 0 Å². The summed E-state index contributed by atoms with van der Waals surface area (Å²) in [6.07, 6.45) is 2.98. The largest absolute Gasteiger partial charge is 0.254 e. The molecule has 2 rings (SSSR count). The van der Waals surface area contributed by atoms with Crippen molar-refractivity contribution in [3.8, 4) is 0 Å². The number of isocyanates is 1. The minimum absolute atomic E-state index is 0.181. The smallest absolute Gasteiger partial charge is 0.211 e. The van der Waals surface area contributed by atoms with Crippen LogP contribution in [0.1, 0.15) is 19.3 Å². The van der Waals surface area contributed by atoms with Crippen LogP contribution in [0.2, 0.25) is 4.34 Å². The summed E-state index contributed by atoms with van der Waals surface area (Å²) in [4.78, 5) is 13.9. The first-order valence-corrected chi connectivity index (χ1v) is 8.03. The molecule has 1 atom stereocenters. The van der Waals surface area contributed by atoms with Crippen molar-refractivity contribution in [3.05, 3.63) is 16.5 Å². The van der Waals surface area contributed by atoms with E-state index in [1.807, 2.05) is 0 Å². The van der Waals surface area contributed by atoms with E-state index >= 15 is 0 Å². The van der Waals surface area contributed by atoms with Crippen molar-refractivity contribution < 1.29 is 13.2 Å². The number of sulfonamides is 1. The second-order valence-electron chi connectivity index (χ2n) is 3.87. The number of aliphatic imine (C=N–C) groups is 1. The highest BCUT2D eigenvalue weighted by molar-refractivity contribution is 7.91. The highest BCUT2D eigenvalue weighted by atomic mass is 35.5. The molecule has 5 nitrogen and oxygen atoms in total. The molecular formula is C10H11ClN2O3S2. The van der Waals surface area contributed by atoms with Crippen LogP contribution in [0.3, 0.4) is 0 Å². The van der Waals surface area contributed by atoms with Gasteiger partial charge in [-0.05, 0) is 31.4 Å². The first-order chi connectivity index (χ1) is 8.55. The average molecular weight is 307 g/mol. The summed E-state index contributed by atoms with van der Waals surface area (Å²) in [5.41, 5.74) is 0. The van der Waals surface area contributed by atoms with Gasteiger partial charge in [0.15, 0.2) is 0 Å². The van der Waals surface area contributed by atoms with Gasteiger partial charge in [0.2, 0.25) is 6.08 Å². The van der Waals surface area contributed by atoms with Crippen molar-refractivity contribution in [1.82, 2.24) is 4.31 Å². The molecule has 1 unspecified atom stereocenters. The minimum Gasteiger partial charge on any atom is -0.211 e. The van der Waals surface area contributed by atoms with Crippen LogP contribution in [-0.4, -0.2) is 31.5 Å². The second kappa shape index (κ2) is 5.50. The number of halogens is 1. The minimum atomic E-state index is -3.62. The molecule has 0 bridgehead atoms. The molecule has 0 saturated carbocycles. The van der Waals surface area contributed by atoms with Gasteiger partial charge in [0.05, 0.1) is 4.34 Å². The van der Waals surface area contributed by atoms with Gasteiger partial charge in [-0.3, -0.25) is 0 Å². The van der Waals surface area contributed by atoms with Crippen LogP contribution in [0.15, 0.2) is 21.3 Å². The Kier molecular flexibility index (Phi) is 4.19. The lowest BCUT2D eigenvalue weighted by Crippen LogP contribution is -2.42. The second-order valence-corrected chi connectivity index (χ2v) is 7.70. The first kappa shape index (κ1) is 13.7. The van der Waals surface area contributed by atoms with Crippen LogP contribution in [-0.2, 0) is 14.8 Å². The SMILES string of the molecule is O=C=NC1CCCCN1S(=O)(=O)c1ccc(Cl)s1. The quantitative estimate of drug-likeness (QED) is 0.635. The molecular weight excluding hydrogens is 296 g/mol. The Bertz CT molecular complexity index is 578. The molecule has 8 heteroatoms. The number of thiophene rings is 1. The van der Waals surface area contributed by atoms with Crippen LogP contribution in [0.25, 0.3) is 0 Å². The molecule has 0 aromatic carbocycles. The number of rotatable bonds is 3. The van der Waals surface area contributed by atoms with Crippen LogP contribution >= 0.6 is 22.9 Å². The lowest BCUT2D eigenvalue weighted by atomic mass is 10.1. The number of nitrogens with zero attached hydrogens (tertiary/aromatic N) is 2. The third-order valence-corrected chi connectivity index (χ3v) is 6.33. The topological polar surface area (TPSA) is 66.8 Å². The zero-order valence-corrected chi connectivity index (χ0v) is 11.8. The number of piperidine rings is 1. The molecule has 1 fully saturated rings. The summed E-state index contributed by atoms with van der Waals surface area (Å²) < 4.78 is 26.6. The van der Waals surface area contributed by atoms with Gasteiger partial charge in [0, 0.05) is 6.54 Å². The molecule has 1 saturated heterocycles. The molecule has 0 N–H and O–H groups in total. The van der Waals surface area contributed by atoms with Gasteiger partial charge < -0.3 is 0 Å². The molecule has 0 spiro atoms. The van der Waals surface area contributed by atoms with Gasteiger partial charge in [-0.2, -0.15) is 9.30 Å². The summed E-state index contributed by atoms with van der Waals surface area (Å²) in [6, 6.07) is 3.01. The molecule has 98 valence electrons. The lowest BCUT2D eigenvalue weighted by Gasteiger charge is -2.30. The van der Waals surface area contributed by atoms with Crippen molar-refractivity contribution in [2.24, 2.45) is 4.99 Å². The summed E-state index contributed by atoms with van der Waals surface area (Å²) in [5.74, 6) is 0. The highest BCUT2D eigenvalue weighted by Gasteiger charge is 2.34. The maximum absolute atomic E-state index is 12.4. The number of hydrogen-bond acceptors (Lipinski definition) is 5.